The zero-order chi connectivity index (χ0) is 18.5. The molecule has 0 fully saturated rings. The van der Waals surface area contributed by atoms with Gasteiger partial charge in [-0.15, -0.1) is 11.3 Å². The molecule has 3 aromatic rings. The molecule has 0 aliphatic heterocycles. The molecule has 0 bridgehead atoms. The van der Waals surface area contributed by atoms with E-state index >= 15 is 0 Å². The monoisotopic (exact) mass is 386 g/mol. The summed E-state index contributed by atoms with van der Waals surface area (Å²) in [6.45, 7) is 1.44. The maximum Gasteiger partial charge on any atom is 0.275 e. The third-order valence-electron chi connectivity index (χ3n) is 3.28. The van der Waals surface area contributed by atoms with Crippen molar-refractivity contribution in [3.63, 3.8) is 0 Å². The summed E-state index contributed by atoms with van der Waals surface area (Å²) in [5, 5.41) is 11.4. The third kappa shape index (κ3) is 4.81. The molecule has 0 unspecified atom stereocenters. The van der Waals surface area contributed by atoms with Gasteiger partial charge in [-0.2, -0.15) is 0 Å². The number of halogens is 1. The van der Waals surface area contributed by atoms with Crippen LogP contribution in [0.15, 0.2) is 53.9 Å². The summed E-state index contributed by atoms with van der Waals surface area (Å²) in [6, 6.07) is 14.1. The van der Waals surface area contributed by atoms with Gasteiger partial charge in [0, 0.05) is 34.4 Å². The molecule has 2 amide bonds. The summed E-state index contributed by atoms with van der Waals surface area (Å²) >= 11 is 7.28. The van der Waals surface area contributed by atoms with E-state index in [-0.39, 0.29) is 11.8 Å². The van der Waals surface area contributed by atoms with Crippen molar-refractivity contribution in [1.82, 2.24) is 4.98 Å². The summed E-state index contributed by atoms with van der Waals surface area (Å²) in [5.41, 5.74) is 2.39. The Labute approximate surface area is 159 Å². The molecule has 0 radical (unpaired) electrons. The largest absolute Gasteiger partial charge is 0.331 e. The van der Waals surface area contributed by atoms with E-state index in [0.29, 0.717) is 27.2 Å². The molecule has 3 N–H and O–H groups in total. The van der Waals surface area contributed by atoms with Crippen LogP contribution < -0.4 is 16.0 Å². The van der Waals surface area contributed by atoms with E-state index in [1.165, 1.54) is 18.3 Å². The number of carbonyl (C=O) groups is 2. The number of hydrogen-bond donors (Lipinski definition) is 3. The van der Waals surface area contributed by atoms with Gasteiger partial charge in [-0.1, -0.05) is 17.7 Å². The lowest BCUT2D eigenvalue weighted by Gasteiger charge is -2.06. The van der Waals surface area contributed by atoms with Crippen LogP contribution in [0.4, 0.5) is 22.2 Å². The van der Waals surface area contributed by atoms with Gasteiger partial charge in [0.1, 0.15) is 5.69 Å². The van der Waals surface area contributed by atoms with Gasteiger partial charge >= 0.3 is 0 Å². The summed E-state index contributed by atoms with van der Waals surface area (Å²) in [5.74, 6) is -0.461. The number of carbonyl (C=O) groups excluding carboxylic acids is 2. The lowest BCUT2D eigenvalue weighted by atomic mass is 10.2. The number of benzene rings is 2. The van der Waals surface area contributed by atoms with E-state index in [1.54, 1.807) is 41.8 Å². The van der Waals surface area contributed by atoms with Gasteiger partial charge in [-0.3, -0.25) is 9.59 Å². The average molecular weight is 387 g/mol. The highest BCUT2D eigenvalue weighted by molar-refractivity contribution is 7.14. The van der Waals surface area contributed by atoms with Gasteiger partial charge in [0.2, 0.25) is 5.91 Å². The van der Waals surface area contributed by atoms with Gasteiger partial charge in [0.15, 0.2) is 5.13 Å². The van der Waals surface area contributed by atoms with E-state index in [1.807, 2.05) is 12.1 Å². The SMILES string of the molecule is CC(=O)Nc1ccc(NC(=O)c2csc(Nc3cccc(Cl)c3)n2)cc1. The quantitative estimate of drug-likeness (QED) is 0.590. The molecule has 6 nitrogen and oxygen atoms in total. The zero-order valence-electron chi connectivity index (χ0n) is 13.7. The number of nitrogens with one attached hydrogen (secondary N) is 3. The van der Waals surface area contributed by atoms with Crippen LogP contribution in [0.1, 0.15) is 17.4 Å². The molecule has 0 aliphatic carbocycles. The number of aromatic nitrogens is 1. The van der Waals surface area contributed by atoms with E-state index in [9.17, 15) is 9.59 Å². The smallest absolute Gasteiger partial charge is 0.275 e. The molecule has 0 atom stereocenters. The van der Waals surface area contributed by atoms with Crippen LogP contribution in [-0.2, 0) is 4.79 Å². The first-order valence-corrected chi connectivity index (χ1v) is 8.92. The fraction of sp³-hybridized carbons (Fsp3) is 0.0556. The van der Waals surface area contributed by atoms with Crippen molar-refractivity contribution in [2.45, 2.75) is 6.92 Å². The first kappa shape index (κ1) is 17.9. The van der Waals surface area contributed by atoms with E-state index in [4.69, 9.17) is 11.6 Å². The first-order chi connectivity index (χ1) is 12.5. The minimum absolute atomic E-state index is 0.149. The summed E-state index contributed by atoms with van der Waals surface area (Å²) < 4.78 is 0. The molecule has 1 aromatic heterocycles. The first-order valence-electron chi connectivity index (χ1n) is 7.67. The van der Waals surface area contributed by atoms with Crippen molar-refractivity contribution in [1.29, 1.82) is 0 Å². The summed E-state index contributed by atoms with van der Waals surface area (Å²) in [7, 11) is 0. The van der Waals surface area contributed by atoms with Gasteiger partial charge < -0.3 is 16.0 Å². The normalized spacial score (nSPS) is 10.2. The second-order valence-corrected chi connectivity index (χ2v) is 6.68. The molecule has 1 heterocycles. The lowest BCUT2D eigenvalue weighted by Crippen LogP contribution is -2.12. The summed E-state index contributed by atoms with van der Waals surface area (Å²) in [6.07, 6.45) is 0. The van der Waals surface area contributed by atoms with Crippen molar-refractivity contribution < 1.29 is 9.59 Å². The minimum atomic E-state index is -0.312. The zero-order valence-corrected chi connectivity index (χ0v) is 15.3. The molecule has 0 spiro atoms. The Morgan fingerprint density at radius 1 is 1.00 bits per heavy atom. The van der Waals surface area contributed by atoms with Crippen molar-refractivity contribution >= 4 is 56.9 Å². The molecule has 0 aliphatic rings. The van der Waals surface area contributed by atoms with Crippen molar-refractivity contribution in [2.75, 3.05) is 16.0 Å². The number of nitrogens with zero attached hydrogens (tertiary/aromatic N) is 1. The second-order valence-electron chi connectivity index (χ2n) is 5.39. The predicted octanol–water partition coefficient (Wildman–Crippen LogP) is 4.75. The molecular formula is C18H15ClN4O2S. The Morgan fingerprint density at radius 2 is 1.69 bits per heavy atom. The van der Waals surface area contributed by atoms with Crippen LogP contribution in [-0.4, -0.2) is 16.8 Å². The number of rotatable bonds is 5. The Hall–Kier alpha value is -2.90. The fourth-order valence-electron chi connectivity index (χ4n) is 2.16. The van der Waals surface area contributed by atoms with E-state index in [0.717, 1.165) is 5.69 Å². The molecule has 132 valence electrons. The average Bonchev–Trinajstić information content (AvgIpc) is 3.05. The molecule has 0 saturated heterocycles. The Balaban J connectivity index is 1.63. The van der Waals surface area contributed by atoms with E-state index < -0.39 is 0 Å². The van der Waals surface area contributed by atoms with Crippen LogP contribution in [0.3, 0.4) is 0 Å². The highest BCUT2D eigenvalue weighted by Gasteiger charge is 2.11. The summed E-state index contributed by atoms with van der Waals surface area (Å²) in [4.78, 5) is 27.6. The molecule has 2 aromatic carbocycles. The van der Waals surface area contributed by atoms with Crippen LogP contribution in [0.5, 0.6) is 0 Å². The standard InChI is InChI=1S/C18H15ClN4O2S/c1-11(24)20-13-5-7-14(8-6-13)21-17(25)16-10-26-18(23-16)22-15-4-2-3-12(19)9-15/h2-10H,1H3,(H,20,24)(H,21,25)(H,22,23). The van der Waals surface area contributed by atoms with Gasteiger partial charge in [0.05, 0.1) is 0 Å². The van der Waals surface area contributed by atoms with Crippen molar-refractivity contribution in [3.8, 4) is 0 Å². The van der Waals surface area contributed by atoms with Crippen LogP contribution in [0.25, 0.3) is 0 Å². The Morgan fingerprint density at radius 3 is 2.35 bits per heavy atom. The van der Waals surface area contributed by atoms with Crippen LogP contribution >= 0.6 is 22.9 Å². The van der Waals surface area contributed by atoms with Crippen LogP contribution in [0, 0.1) is 0 Å². The van der Waals surface area contributed by atoms with Gasteiger partial charge in [-0.05, 0) is 42.5 Å². The fourth-order valence-corrected chi connectivity index (χ4v) is 3.06. The molecular weight excluding hydrogens is 372 g/mol. The van der Waals surface area contributed by atoms with Gasteiger partial charge in [-0.25, -0.2) is 4.98 Å². The van der Waals surface area contributed by atoms with Crippen molar-refractivity contribution in [2.24, 2.45) is 0 Å². The minimum Gasteiger partial charge on any atom is -0.331 e. The van der Waals surface area contributed by atoms with Gasteiger partial charge in [0.25, 0.3) is 5.91 Å². The molecule has 0 saturated carbocycles. The Bertz CT molecular complexity index is 940. The van der Waals surface area contributed by atoms with E-state index in [2.05, 4.69) is 20.9 Å². The highest BCUT2D eigenvalue weighted by atomic mass is 35.5. The van der Waals surface area contributed by atoms with Crippen molar-refractivity contribution in [3.05, 3.63) is 64.6 Å². The lowest BCUT2D eigenvalue weighted by molar-refractivity contribution is -0.114. The second kappa shape index (κ2) is 7.99. The Kier molecular flexibility index (Phi) is 5.50. The number of hydrogen-bond acceptors (Lipinski definition) is 5. The molecule has 3 rings (SSSR count). The van der Waals surface area contributed by atoms with Crippen LogP contribution in [0.2, 0.25) is 5.02 Å². The maximum atomic E-state index is 12.3. The molecule has 26 heavy (non-hydrogen) atoms. The highest BCUT2D eigenvalue weighted by Crippen LogP contribution is 2.23. The maximum absolute atomic E-state index is 12.3. The molecule has 8 heteroatoms. The number of anilines is 4. The third-order valence-corrected chi connectivity index (χ3v) is 4.27. The number of thiazole rings is 1. The topological polar surface area (TPSA) is 83.1 Å². The predicted molar refractivity (Wildman–Crippen MR) is 106 cm³/mol. The number of amides is 2.